The van der Waals surface area contributed by atoms with E-state index < -0.39 is 0 Å². The van der Waals surface area contributed by atoms with Crippen LogP contribution in [0.4, 0.5) is 4.79 Å². The molecule has 12 heavy (non-hydrogen) atoms. The molecule has 6 heteroatoms. The number of rotatable bonds is 1. The molecule has 2 atom stereocenters. The van der Waals surface area contributed by atoms with Gasteiger partial charge >= 0.3 is 6.09 Å². The van der Waals surface area contributed by atoms with Crippen molar-refractivity contribution in [3.05, 3.63) is 10.4 Å². The summed E-state index contributed by atoms with van der Waals surface area (Å²) in [5, 5.41) is 3.57. The number of carbonyl (C=O) groups excluding carboxylic acids is 1. The van der Waals surface area contributed by atoms with Gasteiger partial charge in [-0.25, -0.2) is 4.79 Å². The van der Waals surface area contributed by atoms with Gasteiger partial charge in [0.2, 0.25) is 0 Å². The van der Waals surface area contributed by atoms with Gasteiger partial charge in [-0.2, -0.15) is 0 Å². The van der Waals surface area contributed by atoms with Crippen molar-refractivity contribution in [2.24, 2.45) is 5.11 Å². The predicted molar refractivity (Wildman–Crippen MR) is 39.4 cm³/mol. The fourth-order valence-electron chi connectivity index (χ4n) is 1.68. The minimum Gasteiger partial charge on any atom is -0.447 e. The van der Waals surface area contributed by atoms with Crippen LogP contribution in [0.5, 0.6) is 0 Å². The van der Waals surface area contributed by atoms with Crippen LogP contribution in [0.15, 0.2) is 5.11 Å². The van der Waals surface area contributed by atoms with Crippen molar-refractivity contribution in [3.63, 3.8) is 0 Å². The van der Waals surface area contributed by atoms with Gasteiger partial charge in [-0.05, 0) is 12.0 Å². The Labute approximate surface area is 68.7 Å². The summed E-state index contributed by atoms with van der Waals surface area (Å²) < 4.78 is 4.80. The van der Waals surface area contributed by atoms with Crippen molar-refractivity contribution in [1.82, 2.24) is 4.90 Å². The molecular weight excluding hydrogens is 160 g/mol. The quantitative estimate of drug-likeness (QED) is 0.331. The van der Waals surface area contributed by atoms with E-state index in [0.29, 0.717) is 13.2 Å². The van der Waals surface area contributed by atoms with Gasteiger partial charge in [-0.3, -0.25) is 0 Å². The van der Waals surface area contributed by atoms with Gasteiger partial charge in [0.1, 0.15) is 6.61 Å². The van der Waals surface area contributed by atoms with Crippen molar-refractivity contribution in [2.45, 2.75) is 18.5 Å². The Bertz CT molecular complexity index is 260. The van der Waals surface area contributed by atoms with E-state index in [2.05, 4.69) is 10.0 Å². The van der Waals surface area contributed by atoms with Crippen molar-refractivity contribution in [1.29, 1.82) is 0 Å². The van der Waals surface area contributed by atoms with Gasteiger partial charge < -0.3 is 9.64 Å². The lowest BCUT2D eigenvalue weighted by atomic mass is 10.2. The number of fused-ring (bicyclic) bond motifs is 1. The average molecular weight is 168 g/mol. The first-order valence-electron chi connectivity index (χ1n) is 3.79. The standard InChI is InChI=1S/C6H8N4O2/c7-9-8-4-1-5-3-12-6(11)10(5)2-4/h4-5H,1-3H2/t4-,5+/m1/s1. The molecule has 2 saturated heterocycles. The SMILES string of the molecule is [N-]=[N+]=N[C@@H]1C[C@H]2COC(=O)N2C1. The fraction of sp³-hybridized carbons (Fsp3) is 0.833. The van der Waals surface area contributed by atoms with E-state index in [0.717, 1.165) is 6.42 Å². The molecule has 0 radical (unpaired) electrons. The van der Waals surface area contributed by atoms with Crippen LogP contribution in [0.3, 0.4) is 0 Å². The number of carbonyl (C=O) groups is 1. The lowest BCUT2D eigenvalue weighted by molar-refractivity contribution is 0.158. The maximum absolute atomic E-state index is 11.0. The number of amides is 1. The number of nitrogens with zero attached hydrogens (tertiary/aromatic N) is 4. The zero-order chi connectivity index (χ0) is 8.55. The van der Waals surface area contributed by atoms with E-state index >= 15 is 0 Å². The molecule has 0 unspecified atom stereocenters. The predicted octanol–water partition coefficient (Wildman–Crippen LogP) is 0.890. The second-order valence-corrected chi connectivity index (χ2v) is 2.98. The highest BCUT2D eigenvalue weighted by Crippen LogP contribution is 2.25. The smallest absolute Gasteiger partial charge is 0.410 e. The van der Waals surface area contributed by atoms with Crippen LogP contribution in [0.2, 0.25) is 0 Å². The van der Waals surface area contributed by atoms with Crippen LogP contribution in [0, 0.1) is 0 Å². The molecule has 1 amide bonds. The summed E-state index contributed by atoms with van der Waals surface area (Å²) in [7, 11) is 0. The lowest BCUT2D eigenvalue weighted by Crippen LogP contribution is -2.27. The minimum absolute atomic E-state index is 0.0622. The Hall–Kier alpha value is -1.42. The molecule has 2 aliphatic rings. The highest BCUT2D eigenvalue weighted by atomic mass is 16.6. The first-order chi connectivity index (χ1) is 5.81. The maximum atomic E-state index is 11.0. The number of hydrogen-bond acceptors (Lipinski definition) is 3. The highest BCUT2D eigenvalue weighted by molar-refractivity contribution is 5.70. The molecule has 0 aromatic heterocycles. The van der Waals surface area contributed by atoms with Crippen LogP contribution in [0.1, 0.15) is 6.42 Å². The van der Waals surface area contributed by atoms with Gasteiger partial charge in [-0.15, -0.1) is 0 Å². The van der Waals surface area contributed by atoms with Crippen LogP contribution >= 0.6 is 0 Å². The van der Waals surface area contributed by atoms with Crippen LogP contribution < -0.4 is 0 Å². The largest absolute Gasteiger partial charge is 0.447 e. The van der Waals surface area contributed by atoms with Gasteiger partial charge in [0.05, 0.1) is 12.1 Å². The second kappa shape index (κ2) is 2.57. The molecule has 0 saturated carbocycles. The number of azide groups is 1. The lowest BCUT2D eigenvalue weighted by Gasteiger charge is -2.08. The summed E-state index contributed by atoms with van der Waals surface area (Å²) >= 11 is 0. The molecule has 2 fully saturated rings. The molecule has 0 bridgehead atoms. The number of cyclic esters (lactones) is 1. The summed E-state index contributed by atoms with van der Waals surface area (Å²) in [6.07, 6.45) is 0.450. The molecule has 0 aromatic carbocycles. The van der Waals surface area contributed by atoms with E-state index in [-0.39, 0.29) is 18.2 Å². The van der Waals surface area contributed by atoms with Crippen LogP contribution in [-0.4, -0.2) is 36.2 Å². The first kappa shape index (κ1) is 7.24. The molecule has 2 aliphatic heterocycles. The fourth-order valence-corrected chi connectivity index (χ4v) is 1.68. The third-order valence-corrected chi connectivity index (χ3v) is 2.24. The molecule has 0 aliphatic carbocycles. The van der Waals surface area contributed by atoms with E-state index in [1.54, 1.807) is 4.90 Å². The minimum atomic E-state index is -0.282. The third kappa shape index (κ3) is 0.967. The molecule has 6 nitrogen and oxygen atoms in total. The van der Waals surface area contributed by atoms with Crippen LogP contribution in [-0.2, 0) is 4.74 Å². The van der Waals surface area contributed by atoms with Crippen LogP contribution in [0.25, 0.3) is 10.4 Å². The summed E-state index contributed by atoms with van der Waals surface area (Å²) in [6.45, 7) is 0.948. The van der Waals surface area contributed by atoms with Gasteiger partial charge in [-0.1, -0.05) is 5.11 Å². The third-order valence-electron chi connectivity index (χ3n) is 2.24. The number of ether oxygens (including phenoxy) is 1. The zero-order valence-corrected chi connectivity index (χ0v) is 6.38. The van der Waals surface area contributed by atoms with Crippen molar-refractivity contribution in [3.8, 4) is 0 Å². The first-order valence-corrected chi connectivity index (χ1v) is 3.79. The Balaban J connectivity index is 2.07. The topological polar surface area (TPSA) is 78.3 Å². The Morgan fingerprint density at radius 1 is 1.75 bits per heavy atom. The maximum Gasteiger partial charge on any atom is 0.410 e. The monoisotopic (exact) mass is 168 g/mol. The summed E-state index contributed by atoms with van der Waals surface area (Å²) in [5.74, 6) is 0. The van der Waals surface area contributed by atoms with Gasteiger partial charge in [0.15, 0.2) is 0 Å². The van der Waals surface area contributed by atoms with Gasteiger partial charge in [0.25, 0.3) is 0 Å². The molecule has 64 valence electrons. The number of hydrogen-bond donors (Lipinski definition) is 0. The van der Waals surface area contributed by atoms with E-state index in [1.807, 2.05) is 0 Å². The van der Waals surface area contributed by atoms with E-state index in [4.69, 9.17) is 10.3 Å². The van der Waals surface area contributed by atoms with E-state index in [9.17, 15) is 4.79 Å². The Morgan fingerprint density at radius 2 is 2.58 bits per heavy atom. The summed E-state index contributed by atoms with van der Waals surface area (Å²) in [5.41, 5.74) is 8.18. The average Bonchev–Trinajstić information content (AvgIpc) is 2.55. The Morgan fingerprint density at radius 3 is 3.25 bits per heavy atom. The molecule has 0 spiro atoms. The molecular formula is C6H8N4O2. The summed E-state index contributed by atoms with van der Waals surface area (Å²) in [4.78, 5) is 15.3. The summed E-state index contributed by atoms with van der Waals surface area (Å²) in [6, 6.07) is 0.0702. The van der Waals surface area contributed by atoms with Gasteiger partial charge in [0, 0.05) is 11.5 Å². The Kier molecular flexibility index (Phi) is 1.55. The van der Waals surface area contributed by atoms with E-state index in [1.165, 1.54) is 0 Å². The van der Waals surface area contributed by atoms with Crippen molar-refractivity contribution >= 4 is 6.09 Å². The second-order valence-electron chi connectivity index (χ2n) is 2.98. The molecule has 2 heterocycles. The van der Waals surface area contributed by atoms with Crippen molar-refractivity contribution in [2.75, 3.05) is 13.2 Å². The normalized spacial score (nSPS) is 32.7. The molecule has 0 aromatic rings. The zero-order valence-electron chi connectivity index (χ0n) is 6.38. The molecule has 0 N–H and O–H groups in total. The molecule has 2 rings (SSSR count). The van der Waals surface area contributed by atoms with Crippen molar-refractivity contribution < 1.29 is 9.53 Å². The highest BCUT2D eigenvalue weighted by Gasteiger charge is 2.40.